The van der Waals surface area contributed by atoms with Crippen molar-refractivity contribution in [2.75, 3.05) is 11.1 Å². The first-order valence-corrected chi connectivity index (χ1v) is 9.37. The topological polar surface area (TPSA) is 55.1 Å². The Morgan fingerprint density at radius 3 is 2.50 bits per heavy atom. The van der Waals surface area contributed by atoms with Crippen LogP contribution in [0.15, 0.2) is 83.3 Å². The van der Waals surface area contributed by atoms with E-state index in [1.165, 1.54) is 0 Å². The van der Waals surface area contributed by atoms with Gasteiger partial charge in [-0.15, -0.1) is 11.8 Å². The van der Waals surface area contributed by atoms with Gasteiger partial charge in [-0.3, -0.25) is 4.79 Å². The average molecular weight is 356 g/mol. The highest BCUT2D eigenvalue weighted by Crippen LogP contribution is 2.52. The van der Waals surface area contributed by atoms with Gasteiger partial charge in [-0.25, -0.2) is 0 Å². The molecule has 26 heavy (non-hydrogen) atoms. The molecule has 0 bridgehead atoms. The van der Waals surface area contributed by atoms with E-state index < -0.39 is 0 Å². The van der Waals surface area contributed by atoms with Gasteiger partial charge in [-0.1, -0.05) is 48.5 Å². The second kappa shape index (κ2) is 5.78. The predicted octanol–water partition coefficient (Wildman–Crippen LogP) is 5.14. The number of para-hydroxylation sites is 1. The van der Waals surface area contributed by atoms with Crippen LogP contribution in [-0.4, -0.2) is 5.78 Å². The molecule has 3 N–H and O–H groups in total. The minimum Gasteiger partial charge on any atom is -0.399 e. The van der Waals surface area contributed by atoms with Crippen LogP contribution in [0.1, 0.15) is 26.7 Å². The number of nitrogens with one attached hydrogen (secondary N) is 1. The molecule has 0 spiro atoms. The maximum absolute atomic E-state index is 13.3. The number of benzene rings is 3. The number of thioether (sulfide) groups is 1. The summed E-state index contributed by atoms with van der Waals surface area (Å²) in [7, 11) is 0. The van der Waals surface area contributed by atoms with E-state index in [0.717, 1.165) is 38.5 Å². The van der Waals surface area contributed by atoms with E-state index in [2.05, 4.69) is 17.4 Å². The molecule has 0 radical (unpaired) electrons. The zero-order chi connectivity index (χ0) is 17.7. The molecule has 3 nitrogen and oxygen atoms in total. The SMILES string of the molecule is Nc1cccc(C2Sc3ccccc3NC3=C2C(=O)c2ccccc23)c1. The second-order valence-corrected chi connectivity index (χ2v) is 7.60. The highest BCUT2D eigenvalue weighted by Gasteiger charge is 2.37. The fourth-order valence-electron chi connectivity index (χ4n) is 3.64. The van der Waals surface area contributed by atoms with Crippen molar-refractivity contribution in [3.05, 3.63) is 95.1 Å². The third-order valence-electron chi connectivity index (χ3n) is 4.82. The number of hydrogen-bond acceptors (Lipinski definition) is 4. The van der Waals surface area contributed by atoms with E-state index in [-0.39, 0.29) is 11.0 Å². The molecule has 5 rings (SSSR count). The van der Waals surface area contributed by atoms with Gasteiger partial charge in [0.15, 0.2) is 5.78 Å². The lowest BCUT2D eigenvalue weighted by atomic mass is 10.0. The van der Waals surface area contributed by atoms with Crippen molar-refractivity contribution in [2.24, 2.45) is 0 Å². The van der Waals surface area contributed by atoms with E-state index in [1.807, 2.05) is 60.7 Å². The Balaban J connectivity index is 1.76. The van der Waals surface area contributed by atoms with Crippen molar-refractivity contribution >= 4 is 34.6 Å². The Morgan fingerprint density at radius 1 is 0.885 bits per heavy atom. The standard InChI is InChI=1S/C22H16N2OS/c23-14-7-5-6-13(12-14)22-19-20(15-8-1-2-9-16(15)21(19)25)24-17-10-3-4-11-18(17)26-22/h1-12,22,24H,23H2. The summed E-state index contributed by atoms with van der Waals surface area (Å²) in [4.78, 5) is 14.4. The Kier molecular flexibility index (Phi) is 3.40. The van der Waals surface area contributed by atoms with Crippen molar-refractivity contribution in [2.45, 2.75) is 10.1 Å². The summed E-state index contributed by atoms with van der Waals surface area (Å²) in [5.74, 6) is 0.0934. The summed E-state index contributed by atoms with van der Waals surface area (Å²) in [6.07, 6.45) is 0. The van der Waals surface area contributed by atoms with Crippen molar-refractivity contribution in [3.63, 3.8) is 0 Å². The van der Waals surface area contributed by atoms with Crippen LogP contribution in [0, 0.1) is 0 Å². The molecule has 0 amide bonds. The van der Waals surface area contributed by atoms with Crippen LogP contribution in [0.3, 0.4) is 0 Å². The molecule has 3 aromatic carbocycles. The molecule has 0 aromatic heterocycles. The van der Waals surface area contributed by atoms with Crippen LogP contribution in [0.2, 0.25) is 0 Å². The first-order valence-electron chi connectivity index (χ1n) is 8.49. The van der Waals surface area contributed by atoms with E-state index in [1.54, 1.807) is 11.8 Å². The van der Waals surface area contributed by atoms with Crippen molar-refractivity contribution in [3.8, 4) is 0 Å². The minimum absolute atomic E-state index is 0.0934. The molecule has 1 aliphatic heterocycles. The van der Waals surface area contributed by atoms with Crippen LogP contribution in [-0.2, 0) is 0 Å². The molecule has 0 fully saturated rings. The number of carbonyl (C=O) groups is 1. The number of ketones is 1. The number of carbonyl (C=O) groups excluding carboxylic acids is 1. The van der Waals surface area contributed by atoms with Gasteiger partial charge in [0.05, 0.1) is 16.6 Å². The fourth-order valence-corrected chi connectivity index (χ4v) is 4.92. The zero-order valence-electron chi connectivity index (χ0n) is 13.9. The smallest absolute Gasteiger partial charge is 0.193 e. The number of anilines is 2. The summed E-state index contributed by atoms with van der Waals surface area (Å²) in [5.41, 5.74) is 12.3. The number of nitrogen functional groups attached to an aromatic ring is 1. The number of nitrogens with two attached hydrogens (primary N) is 1. The molecular weight excluding hydrogens is 340 g/mol. The number of fused-ring (bicyclic) bond motifs is 3. The van der Waals surface area contributed by atoms with Gasteiger partial charge in [-0.05, 0) is 29.8 Å². The lowest BCUT2D eigenvalue weighted by Gasteiger charge is -2.17. The maximum atomic E-state index is 13.3. The number of rotatable bonds is 1. The largest absolute Gasteiger partial charge is 0.399 e. The Morgan fingerprint density at radius 2 is 1.65 bits per heavy atom. The average Bonchev–Trinajstić information content (AvgIpc) is 2.83. The van der Waals surface area contributed by atoms with Crippen LogP contribution < -0.4 is 11.1 Å². The quantitative estimate of drug-likeness (QED) is 0.593. The predicted molar refractivity (Wildman–Crippen MR) is 107 cm³/mol. The molecule has 0 saturated heterocycles. The molecule has 3 aromatic rings. The van der Waals surface area contributed by atoms with Crippen LogP contribution in [0.5, 0.6) is 0 Å². The van der Waals surface area contributed by atoms with Crippen molar-refractivity contribution < 1.29 is 4.79 Å². The van der Waals surface area contributed by atoms with Crippen LogP contribution in [0.25, 0.3) is 5.70 Å². The Labute approximate surface area is 155 Å². The lowest BCUT2D eigenvalue weighted by Crippen LogP contribution is -2.08. The van der Waals surface area contributed by atoms with Crippen molar-refractivity contribution in [1.29, 1.82) is 0 Å². The molecule has 1 atom stereocenters. The molecule has 1 aliphatic carbocycles. The lowest BCUT2D eigenvalue weighted by molar-refractivity contribution is 0.103. The summed E-state index contributed by atoms with van der Waals surface area (Å²) in [6, 6.07) is 23.8. The summed E-state index contributed by atoms with van der Waals surface area (Å²) < 4.78 is 0. The van der Waals surface area contributed by atoms with E-state index in [9.17, 15) is 4.79 Å². The normalized spacial score (nSPS) is 17.8. The van der Waals surface area contributed by atoms with Gasteiger partial charge in [0.1, 0.15) is 0 Å². The molecular formula is C22H16N2OS. The van der Waals surface area contributed by atoms with Crippen LogP contribution >= 0.6 is 11.8 Å². The summed E-state index contributed by atoms with van der Waals surface area (Å²) >= 11 is 1.69. The maximum Gasteiger partial charge on any atom is 0.193 e. The van der Waals surface area contributed by atoms with E-state index in [0.29, 0.717) is 5.69 Å². The van der Waals surface area contributed by atoms with Crippen molar-refractivity contribution in [1.82, 2.24) is 0 Å². The molecule has 1 unspecified atom stereocenters. The number of Topliss-reactive ketones (excluding diaryl/α,β-unsaturated/α-hetero) is 1. The molecule has 126 valence electrons. The monoisotopic (exact) mass is 356 g/mol. The Hall–Kier alpha value is -2.98. The molecule has 2 aliphatic rings. The van der Waals surface area contributed by atoms with E-state index >= 15 is 0 Å². The van der Waals surface area contributed by atoms with Gasteiger partial charge >= 0.3 is 0 Å². The van der Waals surface area contributed by atoms with Gasteiger partial charge in [0.25, 0.3) is 0 Å². The highest BCUT2D eigenvalue weighted by atomic mass is 32.2. The third kappa shape index (κ3) is 2.26. The van der Waals surface area contributed by atoms with Gasteiger partial charge in [0, 0.05) is 27.3 Å². The molecule has 1 heterocycles. The first kappa shape index (κ1) is 15.3. The minimum atomic E-state index is -0.107. The Bertz CT molecular complexity index is 1090. The molecule has 4 heteroatoms. The van der Waals surface area contributed by atoms with Gasteiger partial charge in [0.2, 0.25) is 0 Å². The fraction of sp³-hybridized carbons (Fsp3) is 0.0455. The van der Waals surface area contributed by atoms with Gasteiger partial charge < -0.3 is 11.1 Å². The summed E-state index contributed by atoms with van der Waals surface area (Å²) in [5, 5.41) is 3.42. The second-order valence-electron chi connectivity index (χ2n) is 6.45. The van der Waals surface area contributed by atoms with E-state index in [4.69, 9.17) is 5.73 Å². The highest BCUT2D eigenvalue weighted by molar-refractivity contribution is 8.00. The third-order valence-corrected chi connectivity index (χ3v) is 6.18. The number of hydrogen-bond donors (Lipinski definition) is 2. The zero-order valence-corrected chi connectivity index (χ0v) is 14.7. The summed E-state index contributed by atoms with van der Waals surface area (Å²) in [6.45, 7) is 0. The van der Waals surface area contributed by atoms with Gasteiger partial charge in [-0.2, -0.15) is 0 Å². The van der Waals surface area contributed by atoms with Crippen LogP contribution in [0.4, 0.5) is 11.4 Å². The molecule has 0 saturated carbocycles. The first-order chi connectivity index (χ1) is 12.7.